The number of ether oxygens (including phenoxy) is 1. The van der Waals surface area contributed by atoms with Crippen LogP contribution in [0.15, 0.2) is 24.8 Å². The second kappa shape index (κ2) is 8.30. The normalized spacial score (nSPS) is 18.5. The minimum atomic E-state index is -5.08. The number of carboxylic acid groups (broad SMARTS) is 1. The van der Waals surface area contributed by atoms with Gasteiger partial charge in [0.05, 0.1) is 24.3 Å². The summed E-state index contributed by atoms with van der Waals surface area (Å²) in [6.07, 6.45) is 4.65. The van der Waals surface area contributed by atoms with E-state index in [1.54, 1.807) is 10.9 Å². The van der Waals surface area contributed by atoms with Crippen LogP contribution in [-0.4, -0.2) is 60.8 Å². The van der Waals surface area contributed by atoms with Crippen molar-refractivity contribution in [1.82, 2.24) is 29.7 Å². The predicted molar refractivity (Wildman–Crippen MR) is 100 cm³/mol. The molecule has 3 aromatic rings. The minimum absolute atomic E-state index is 0.210. The molecule has 0 aliphatic heterocycles. The first kappa shape index (κ1) is 21.6. The Kier molecular flexibility index (Phi) is 5.97. The number of aryl methyl sites for hydroxylation is 2. The number of nitrogens with zero attached hydrogens (tertiary/aromatic N) is 5. The Balaban J connectivity index is 0.000000318. The van der Waals surface area contributed by atoms with Gasteiger partial charge in [-0.15, -0.1) is 0 Å². The van der Waals surface area contributed by atoms with E-state index in [-0.39, 0.29) is 6.10 Å². The second-order valence-electron chi connectivity index (χ2n) is 6.95. The summed E-state index contributed by atoms with van der Waals surface area (Å²) in [5.74, 6) is -2.10. The van der Waals surface area contributed by atoms with Crippen LogP contribution in [0.2, 0.25) is 0 Å². The van der Waals surface area contributed by atoms with E-state index in [0.29, 0.717) is 11.9 Å². The summed E-state index contributed by atoms with van der Waals surface area (Å²) in [5.41, 5.74) is 3.77. The molecule has 162 valence electrons. The fraction of sp³-hybridized carbons (Fsp3) is 0.444. The molecule has 0 amide bonds. The highest BCUT2D eigenvalue weighted by molar-refractivity contribution is 5.73. The van der Waals surface area contributed by atoms with Crippen molar-refractivity contribution < 1.29 is 27.8 Å². The molecule has 0 spiro atoms. The molecule has 2 N–H and O–H groups in total. The van der Waals surface area contributed by atoms with Crippen molar-refractivity contribution >= 4 is 11.5 Å². The van der Waals surface area contributed by atoms with E-state index in [2.05, 4.69) is 15.5 Å². The van der Waals surface area contributed by atoms with Crippen LogP contribution in [0.4, 0.5) is 13.2 Å². The summed E-state index contributed by atoms with van der Waals surface area (Å²) in [5, 5.41) is 19.0. The van der Waals surface area contributed by atoms with Crippen molar-refractivity contribution in [3.8, 4) is 17.1 Å². The SMILES string of the molecule is CN[C@H]1C[C@H](Oc2nc(-c3cnn(C)c3)cn3ncc(C)c23)C1.O=C(O)C(F)(F)F. The smallest absolute Gasteiger partial charge is 0.475 e. The average Bonchev–Trinajstić information content (AvgIpc) is 3.23. The van der Waals surface area contributed by atoms with Gasteiger partial charge in [0.2, 0.25) is 5.88 Å². The third kappa shape index (κ3) is 4.70. The highest BCUT2D eigenvalue weighted by atomic mass is 19.4. The molecule has 30 heavy (non-hydrogen) atoms. The third-order valence-electron chi connectivity index (χ3n) is 4.67. The predicted octanol–water partition coefficient (Wildman–Crippen LogP) is 2.20. The van der Waals surface area contributed by atoms with E-state index in [1.807, 2.05) is 44.1 Å². The lowest BCUT2D eigenvalue weighted by molar-refractivity contribution is -0.192. The van der Waals surface area contributed by atoms with Crippen molar-refractivity contribution in [2.45, 2.75) is 38.1 Å². The molecule has 12 heteroatoms. The largest absolute Gasteiger partial charge is 0.490 e. The van der Waals surface area contributed by atoms with Crippen molar-refractivity contribution in [1.29, 1.82) is 0 Å². The van der Waals surface area contributed by atoms with Crippen LogP contribution < -0.4 is 10.1 Å². The standard InChI is InChI=1S/C16H20N6O.C2HF3O2/c1-10-6-19-22-9-14(11-7-18-21(3)8-11)20-16(15(10)22)23-13-4-12(5-13)17-2;3-2(4,5)1(6)7/h6-9,12-13,17H,4-5H2,1-3H3;(H,6,7)/t12-,13-;. The van der Waals surface area contributed by atoms with Crippen molar-refractivity contribution in [2.75, 3.05) is 7.05 Å². The maximum Gasteiger partial charge on any atom is 0.490 e. The molecule has 0 atom stereocenters. The first-order valence-electron chi connectivity index (χ1n) is 9.06. The summed E-state index contributed by atoms with van der Waals surface area (Å²) in [4.78, 5) is 13.6. The Morgan fingerprint density at radius 3 is 2.47 bits per heavy atom. The molecule has 0 unspecified atom stereocenters. The molecule has 1 fully saturated rings. The third-order valence-corrected chi connectivity index (χ3v) is 4.67. The first-order chi connectivity index (χ1) is 14.1. The molecule has 0 radical (unpaired) electrons. The van der Waals surface area contributed by atoms with Gasteiger partial charge in [0, 0.05) is 30.4 Å². The summed E-state index contributed by atoms with van der Waals surface area (Å²) in [6, 6.07) is 0.545. The van der Waals surface area contributed by atoms with E-state index in [4.69, 9.17) is 19.6 Å². The van der Waals surface area contributed by atoms with Gasteiger partial charge in [0.15, 0.2) is 0 Å². The number of fused-ring (bicyclic) bond motifs is 1. The summed E-state index contributed by atoms with van der Waals surface area (Å²) in [7, 11) is 3.88. The Morgan fingerprint density at radius 1 is 1.27 bits per heavy atom. The number of nitrogens with one attached hydrogen (secondary N) is 1. The quantitative estimate of drug-likeness (QED) is 0.659. The van der Waals surface area contributed by atoms with Gasteiger partial charge >= 0.3 is 12.1 Å². The zero-order chi connectivity index (χ0) is 22.1. The zero-order valence-electron chi connectivity index (χ0n) is 16.5. The molecule has 1 saturated carbocycles. The molecule has 0 saturated heterocycles. The van der Waals surface area contributed by atoms with E-state index >= 15 is 0 Å². The number of aromatic nitrogens is 5. The van der Waals surface area contributed by atoms with Gasteiger partial charge in [-0.25, -0.2) is 14.3 Å². The molecular weight excluding hydrogens is 405 g/mol. The zero-order valence-corrected chi connectivity index (χ0v) is 16.5. The molecule has 0 aromatic carbocycles. The molecular formula is C18H21F3N6O3. The molecule has 9 nitrogen and oxygen atoms in total. The van der Waals surface area contributed by atoms with Crippen LogP contribution in [0, 0.1) is 6.92 Å². The van der Waals surface area contributed by atoms with Crippen LogP contribution in [0.25, 0.3) is 16.8 Å². The molecule has 1 aliphatic rings. The highest BCUT2D eigenvalue weighted by Crippen LogP contribution is 2.30. The molecule has 3 aromatic heterocycles. The number of carbonyl (C=O) groups is 1. The monoisotopic (exact) mass is 426 g/mol. The van der Waals surface area contributed by atoms with Gasteiger partial charge < -0.3 is 15.2 Å². The van der Waals surface area contributed by atoms with Gasteiger partial charge in [0.25, 0.3) is 0 Å². The number of alkyl halides is 3. The van der Waals surface area contributed by atoms with Crippen molar-refractivity contribution in [3.05, 3.63) is 30.4 Å². The van der Waals surface area contributed by atoms with Crippen molar-refractivity contribution in [2.24, 2.45) is 7.05 Å². The van der Waals surface area contributed by atoms with Crippen molar-refractivity contribution in [3.63, 3.8) is 0 Å². The maximum atomic E-state index is 10.6. The van der Waals surface area contributed by atoms with Crippen LogP contribution in [0.3, 0.4) is 0 Å². The second-order valence-corrected chi connectivity index (χ2v) is 6.95. The van der Waals surface area contributed by atoms with Crippen LogP contribution in [0.1, 0.15) is 18.4 Å². The van der Waals surface area contributed by atoms with Gasteiger partial charge in [-0.05, 0) is 26.8 Å². The van der Waals surface area contributed by atoms with Gasteiger partial charge in [-0.1, -0.05) is 0 Å². The van der Waals surface area contributed by atoms with E-state index in [0.717, 1.165) is 35.2 Å². The minimum Gasteiger partial charge on any atom is -0.475 e. The van der Waals surface area contributed by atoms with E-state index in [9.17, 15) is 13.2 Å². The van der Waals surface area contributed by atoms with E-state index in [1.165, 1.54) is 0 Å². The number of rotatable bonds is 4. The van der Waals surface area contributed by atoms with Gasteiger partial charge in [-0.3, -0.25) is 4.68 Å². The maximum absolute atomic E-state index is 10.6. The average molecular weight is 426 g/mol. The van der Waals surface area contributed by atoms with Crippen LogP contribution >= 0.6 is 0 Å². The molecule has 1 aliphatic carbocycles. The highest BCUT2D eigenvalue weighted by Gasteiger charge is 2.38. The topological polar surface area (TPSA) is 107 Å². The Morgan fingerprint density at radius 2 is 1.93 bits per heavy atom. The number of hydrogen-bond donors (Lipinski definition) is 2. The number of hydrogen-bond acceptors (Lipinski definition) is 6. The molecule has 4 rings (SSSR count). The van der Waals surface area contributed by atoms with Gasteiger partial charge in [-0.2, -0.15) is 23.4 Å². The van der Waals surface area contributed by atoms with Crippen LogP contribution in [0.5, 0.6) is 5.88 Å². The molecule has 0 bridgehead atoms. The van der Waals surface area contributed by atoms with Crippen LogP contribution in [-0.2, 0) is 11.8 Å². The lowest BCUT2D eigenvalue weighted by Crippen LogP contribution is -2.45. The Labute approximate surface area is 169 Å². The number of carboxylic acids is 1. The van der Waals surface area contributed by atoms with E-state index < -0.39 is 12.1 Å². The number of halogens is 3. The summed E-state index contributed by atoms with van der Waals surface area (Å²) < 4.78 is 41.5. The summed E-state index contributed by atoms with van der Waals surface area (Å²) >= 11 is 0. The van der Waals surface area contributed by atoms with Gasteiger partial charge in [0.1, 0.15) is 11.6 Å². The lowest BCUT2D eigenvalue weighted by atomic mass is 9.89. The number of aliphatic carboxylic acids is 1. The fourth-order valence-electron chi connectivity index (χ4n) is 2.95. The fourth-order valence-corrected chi connectivity index (χ4v) is 2.95. The molecule has 3 heterocycles. The first-order valence-corrected chi connectivity index (χ1v) is 9.06. The Bertz CT molecular complexity index is 1040. The summed E-state index contributed by atoms with van der Waals surface area (Å²) in [6.45, 7) is 2.03. The lowest BCUT2D eigenvalue weighted by Gasteiger charge is -2.34. The Hall–Kier alpha value is -3.15.